The topological polar surface area (TPSA) is 35.5 Å². The molecule has 0 amide bonds. The molecule has 0 aliphatic carbocycles. The van der Waals surface area contributed by atoms with Gasteiger partial charge in [-0.05, 0) is 30.3 Å². The van der Waals surface area contributed by atoms with E-state index in [0.29, 0.717) is 16.8 Å². The van der Waals surface area contributed by atoms with Crippen LogP contribution in [0.15, 0.2) is 84.9 Å². The summed E-state index contributed by atoms with van der Waals surface area (Å²) in [7, 11) is -3.57. The molecular formula is C18H14O3P. The second-order valence-corrected chi connectivity index (χ2v) is 6.40. The SMILES string of the molecule is O=P(Oc1ccccc1)(Oc1ccccc1)c1[c]cccc1. The highest BCUT2D eigenvalue weighted by molar-refractivity contribution is 7.62. The monoisotopic (exact) mass is 309 g/mol. The Morgan fingerprint density at radius 1 is 0.682 bits per heavy atom. The van der Waals surface area contributed by atoms with Crippen molar-refractivity contribution in [3.8, 4) is 11.5 Å². The smallest absolute Gasteiger partial charge is 0.413 e. The second kappa shape index (κ2) is 6.50. The highest BCUT2D eigenvalue weighted by Gasteiger charge is 2.31. The Bertz CT molecular complexity index is 713. The summed E-state index contributed by atoms with van der Waals surface area (Å²) in [6.07, 6.45) is 0. The summed E-state index contributed by atoms with van der Waals surface area (Å²) in [6.45, 7) is 0. The van der Waals surface area contributed by atoms with E-state index in [1.807, 2.05) is 36.4 Å². The lowest BCUT2D eigenvalue weighted by Crippen LogP contribution is -2.14. The molecule has 0 saturated heterocycles. The van der Waals surface area contributed by atoms with Gasteiger partial charge in [-0.15, -0.1) is 0 Å². The van der Waals surface area contributed by atoms with Crippen molar-refractivity contribution in [2.75, 3.05) is 0 Å². The van der Waals surface area contributed by atoms with Crippen molar-refractivity contribution in [3.63, 3.8) is 0 Å². The third-order valence-corrected chi connectivity index (χ3v) is 4.70. The van der Waals surface area contributed by atoms with E-state index in [4.69, 9.17) is 9.05 Å². The fourth-order valence-electron chi connectivity index (χ4n) is 1.91. The number of hydrogen-bond donors (Lipinski definition) is 0. The first-order valence-corrected chi connectivity index (χ1v) is 8.37. The molecule has 0 saturated carbocycles. The lowest BCUT2D eigenvalue weighted by molar-refractivity contribution is 0.399. The molecule has 0 atom stereocenters. The Hall–Kier alpha value is -2.51. The zero-order valence-electron chi connectivity index (χ0n) is 11.8. The normalized spacial score (nSPS) is 10.9. The standard InChI is InChI=1S/C18H14O3P/c19-22(18-14-8-3-9-15-18,20-16-10-4-1-5-11-16)21-17-12-6-2-7-13-17/h1-14H. The molecular weight excluding hydrogens is 295 g/mol. The molecule has 4 heteroatoms. The molecule has 109 valence electrons. The molecule has 0 spiro atoms. The van der Waals surface area contributed by atoms with Gasteiger partial charge >= 0.3 is 7.60 Å². The van der Waals surface area contributed by atoms with Crippen LogP contribution in [0.25, 0.3) is 0 Å². The summed E-state index contributed by atoms with van der Waals surface area (Å²) in [5.41, 5.74) is 0. The molecule has 1 radical (unpaired) electrons. The van der Waals surface area contributed by atoms with Gasteiger partial charge in [-0.1, -0.05) is 54.6 Å². The van der Waals surface area contributed by atoms with Gasteiger partial charge in [0.15, 0.2) is 0 Å². The van der Waals surface area contributed by atoms with Crippen molar-refractivity contribution in [2.45, 2.75) is 0 Å². The first-order valence-electron chi connectivity index (χ1n) is 6.83. The van der Waals surface area contributed by atoms with E-state index < -0.39 is 7.60 Å². The Morgan fingerprint density at radius 3 is 1.64 bits per heavy atom. The van der Waals surface area contributed by atoms with Gasteiger partial charge in [0.05, 0.1) is 5.30 Å². The van der Waals surface area contributed by atoms with Crippen LogP contribution in [0.2, 0.25) is 0 Å². The van der Waals surface area contributed by atoms with Crippen molar-refractivity contribution in [3.05, 3.63) is 91.0 Å². The molecule has 3 rings (SSSR count). The van der Waals surface area contributed by atoms with Crippen LogP contribution in [-0.4, -0.2) is 0 Å². The number of hydrogen-bond acceptors (Lipinski definition) is 3. The van der Waals surface area contributed by atoms with Crippen LogP contribution in [0.4, 0.5) is 0 Å². The molecule has 3 aromatic rings. The second-order valence-electron chi connectivity index (χ2n) is 4.55. The lowest BCUT2D eigenvalue weighted by atomic mass is 10.3. The summed E-state index contributed by atoms with van der Waals surface area (Å²) in [5, 5.41) is 0.391. The van der Waals surface area contributed by atoms with Crippen molar-refractivity contribution < 1.29 is 13.6 Å². The van der Waals surface area contributed by atoms with Crippen molar-refractivity contribution in [2.24, 2.45) is 0 Å². The van der Waals surface area contributed by atoms with Crippen LogP contribution in [-0.2, 0) is 4.57 Å². The van der Waals surface area contributed by atoms with Crippen molar-refractivity contribution in [1.82, 2.24) is 0 Å². The van der Waals surface area contributed by atoms with Crippen molar-refractivity contribution in [1.29, 1.82) is 0 Å². The van der Waals surface area contributed by atoms with Crippen LogP contribution in [0.5, 0.6) is 11.5 Å². The number of para-hydroxylation sites is 2. The van der Waals surface area contributed by atoms with Crippen LogP contribution >= 0.6 is 7.60 Å². The minimum absolute atomic E-state index is 0.391. The third-order valence-electron chi connectivity index (χ3n) is 2.93. The Kier molecular flexibility index (Phi) is 4.27. The van der Waals surface area contributed by atoms with Gasteiger partial charge in [0.1, 0.15) is 11.5 Å². The predicted octanol–water partition coefficient (Wildman–Crippen LogP) is 4.46. The van der Waals surface area contributed by atoms with E-state index in [-0.39, 0.29) is 0 Å². The molecule has 3 aromatic carbocycles. The average Bonchev–Trinajstić information content (AvgIpc) is 2.57. The fraction of sp³-hybridized carbons (Fsp3) is 0. The first kappa shape index (κ1) is 14.4. The minimum atomic E-state index is -3.57. The molecule has 0 aromatic heterocycles. The van der Waals surface area contributed by atoms with Gasteiger partial charge in [-0.3, -0.25) is 0 Å². The van der Waals surface area contributed by atoms with E-state index in [1.165, 1.54) is 0 Å². The molecule has 0 fully saturated rings. The number of benzene rings is 3. The van der Waals surface area contributed by atoms with Gasteiger partial charge < -0.3 is 9.05 Å². The van der Waals surface area contributed by atoms with Gasteiger partial charge in [-0.2, -0.15) is 0 Å². The molecule has 3 nitrogen and oxygen atoms in total. The first-order chi connectivity index (χ1) is 10.8. The maximum Gasteiger partial charge on any atom is 0.463 e. The predicted molar refractivity (Wildman–Crippen MR) is 86.7 cm³/mol. The molecule has 0 bridgehead atoms. The van der Waals surface area contributed by atoms with Gasteiger partial charge in [0.25, 0.3) is 0 Å². The molecule has 0 aliphatic heterocycles. The summed E-state index contributed by atoms with van der Waals surface area (Å²) < 4.78 is 24.7. The van der Waals surface area contributed by atoms with E-state index in [1.54, 1.807) is 48.5 Å². The molecule has 22 heavy (non-hydrogen) atoms. The third kappa shape index (κ3) is 3.38. The van der Waals surface area contributed by atoms with Gasteiger partial charge in [0.2, 0.25) is 0 Å². The highest BCUT2D eigenvalue weighted by Crippen LogP contribution is 2.47. The Labute approximate surface area is 129 Å². The zero-order chi connectivity index (χ0) is 15.3. The minimum Gasteiger partial charge on any atom is -0.413 e. The van der Waals surface area contributed by atoms with E-state index in [0.717, 1.165) is 0 Å². The molecule has 0 aliphatic rings. The maximum atomic E-state index is 13.3. The largest absolute Gasteiger partial charge is 0.463 e. The fourth-order valence-corrected chi connectivity index (χ4v) is 3.45. The molecule has 0 unspecified atom stereocenters. The van der Waals surface area contributed by atoms with Gasteiger partial charge in [0, 0.05) is 6.07 Å². The highest BCUT2D eigenvalue weighted by atomic mass is 31.2. The maximum absolute atomic E-state index is 13.3. The van der Waals surface area contributed by atoms with E-state index in [2.05, 4.69) is 6.07 Å². The van der Waals surface area contributed by atoms with Crippen molar-refractivity contribution >= 4 is 12.9 Å². The van der Waals surface area contributed by atoms with E-state index >= 15 is 0 Å². The summed E-state index contributed by atoms with van der Waals surface area (Å²) in [6, 6.07) is 27.8. The van der Waals surface area contributed by atoms with E-state index in [9.17, 15) is 4.57 Å². The van der Waals surface area contributed by atoms with Crippen LogP contribution < -0.4 is 14.4 Å². The summed E-state index contributed by atoms with van der Waals surface area (Å²) in [5.74, 6) is 0.970. The Morgan fingerprint density at radius 2 is 1.18 bits per heavy atom. The lowest BCUT2D eigenvalue weighted by Gasteiger charge is -2.20. The summed E-state index contributed by atoms with van der Waals surface area (Å²) in [4.78, 5) is 0. The average molecular weight is 309 g/mol. The zero-order valence-corrected chi connectivity index (χ0v) is 12.6. The summed E-state index contributed by atoms with van der Waals surface area (Å²) >= 11 is 0. The van der Waals surface area contributed by atoms with Crippen LogP contribution in [0, 0.1) is 6.07 Å². The quantitative estimate of drug-likeness (QED) is 0.653. The molecule has 0 heterocycles. The molecule has 0 N–H and O–H groups in total. The number of rotatable bonds is 5. The van der Waals surface area contributed by atoms with Crippen LogP contribution in [0.3, 0.4) is 0 Å². The van der Waals surface area contributed by atoms with Crippen LogP contribution in [0.1, 0.15) is 0 Å². The van der Waals surface area contributed by atoms with Gasteiger partial charge in [-0.25, -0.2) is 4.57 Å². The Balaban J connectivity index is 1.97.